The fraction of sp³-hybridized carbons (Fsp3) is 0.143. The van der Waals surface area contributed by atoms with E-state index in [0.717, 1.165) is 5.56 Å². The molecule has 0 amide bonds. The quantitative estimate of drug-likeness (QED) is 0.428. The lowest BCUT2D eigenvalue weighted by Gasteiger charge is -2.11. The lowest BCUT2D eigenvalue weighted by atomic mass is 10.2. The van der Waals surface area contributed by atoms with Crippen LogP contribution in [-0.2, 0) is 12.5 Å². The van der Waals surface area contributed by atoms with E-state index >= 15 is 0 Å². The Morgan fingerprint density at radius 1 is 1.24 bits per heavy atom. The Morgan fingerprint density at radius 3 is 2.62 bits per heavy atom. The molecule has 0 aliphatic rings. The fourth-order valence-electron chi connectivity index (χ4n) is 1.72. The van der Waals surface area contributed by atoms with Gasteiger partial charge in [-0.05, 0) is 18.2 Å². The number of rotatable bonds is 5. The van der Waals surface area contributed by atoms with Gasteiger partial charge in [-0.25, -0.2) is 4.39 Å². The minimum absolute atomic E-state index is 0.0408. The molecule has 0 bridgehead atoms. The molecule has 0 atom stereocenters. The second-order valence-electron chi connectivity index (χ2n) is 4.21. The third-order valence-electron chi connectivity index (χ3n) is 2.80. The average Bonchev–Trinajstić information content (AvgIpc) is 2.46. The maximum absolute atomic E-state index is 13.0. The predicted octanol–water partition coefficient (Wildman–Crippen LogP) is 4.81. The van der Waals surface area contributed by atoms with E-state index in [1.165, 1.54) is 30.3 Å². The molecule has 0 saturated carbocycles. The number of alkyl halides is 1. The fourth-order valence-corrected chi connectivity index (χ4v) is 2.39. The van der Waals surface area contributed by atoms with Crippen molar-refractivity contribution in [1.29, 1.82) is 0 Å². The molecule has 0 aliphatic heterocycles. The van der Waals surface area contributed by atoms with E-state index in [4.69, 9.17) is 16.3 Å². The number of nitrogens with zero attached hydrogens (tertiary/aromatic N) is 1. The van der Waals surface area contributed by atoms with Crippen molar-refractivity contribution in [2.24, 2.45) is 0 Å². The number of nitro benzene ring substituents is 1. The van der Waals surface area contributed by atoms with Crippen molar-refractivity contribution < 1.29 is 14.1 Å². The molecule has 0 fully saturated rings. The van der Waals surface area contributed by atoms with Gasteiger partial charge in [-0.3, -0.25) is 10.1 Å². The van der Waals surface area contributed by atoms with Gasteiger partial charge in [0, 0.05) is 27.7 Å². The molecule has 0 unspecified atom stereocenters. The zero-order valence-electron chi connectivity index (χ0n) is 10.7. The summed E-state index contributed by atoms with van der Waals surface area (Å²) in [6.45, 7) is 0.197. The summed E-state index contributed by atoms with van der Waals surface area (Å²) in [7, 11) is 0. The Hall–Kier alpha value is -1.66. The Bertz CT molecular complexity index is 681. The molecule has 0 heterocycles. The lowest BCUT2D eigenvalue weighted by molar-refractivity contribution is -0.384. The maximum Gasteiger partial charge on any atom is 0.270 e. The van der Waals surface area contributed by atoms with Crippen molar-refractivity contribution in [2.45, 2.75) is 12.5 Å². The van der Waals surface area contributed by atoms with Gasteiger partial charge in [0.05, 0.1) is 10.8 Å². The molecule has 2 aromatic rings. The Kier molecular flexibility index (Phi) is 5.14. The maximum atomic E-state index is 13.0. The van der Waals surface area contributed by atoms with Gasteiger partial charge >= 0.3 is 0 Å². The van der Waals surface area contributed by atoms with Crippen LogP contribution in [0, 0.1) is 15.9 Å². The van der Waals surface area contributed by atoms with Crippen molar-refractivity contribution in [3.05, 3.63) is 67.9 Å². The van der Waals surface area contributed by atoms with Crippen LogP contribution in [0.2, 0.25) is 0 Å². The summed E-state index contributed by atoms with van der Waals surface area (Å²) in [5.41, 5.74) is 1.25. The first-order valence-corrected chi connectivity index (χ1v) is 7.24. The zero-order chi connectivity index (χ0) is 15.4. The minimum atomic E-state index is -0.490. The van der Waals surface area contributed by atoms with Crippen LogP contribution < -0.4 is 4.74 Å². The lowest BCUT2D eigenvalue weighted by Crippen LogP contribution is -2.00. The summed E-state index contributed by atoms with van der Waals surface area (Å²) in [5.74, 6) is 0.218. The number of benzene rings is 2. The molecule has 2 aromatic carbocycles. The van der Waals surface area contributed by atoms with E-state index < -0.39 is 4.92 Å². The molecule has 110 valence electrons. The molecule has 0 radical (unpaired) electrons. The Balaban J connectivity index is 2.17. The van der Waals surface area contributed by atoms with Crippen LogP contribution in [0.3, 0.4) is 0 Å². The van der Waals surface area contributed by atoms with Crippen LogP contribution >= 0.6 is 27.5 Å². The SMILES string of the molecule is O=[N+]([O-])c1ccc(OCc2ccc(F)cc2Br)c(CCl)c1. The van der Waals surface area contributed by atoms with Crippen molar-refractivity contribution in [2.75, 3.05) is 0 Å². The molecule has 0 spiro atoms. The standard InChI is InChI=1S/C14H10BrClFNO3/c15-13-6-11(17)2-1-9(13)8-21-14-4-3-12(18(19)20)5-10(14)7-16/h1-6H,7-8H2. The number of nitro groups is 1. The molecule has 7 heteroatoms. The number of non-ortho nitro benzene ring substituents is 1. The van der Waals surface area contributed by atoms with Crippen LogP contribution in [0.25, 0.3) is 0 Å². The number of ether oxygens (including phenoxy) is 1. The molecule has 21 heavy (non-hydrogen) atoms. The second-order valence-corrected chi connectivity index (χ2v) is 5.33. The van der Waals surface area contributed by atoms with Crippen LogP contribution in [0.4, 0.5) is 10.1 Å². The smallest absolute Gasteiger partial charge is 0.270 e. The van der Waals surface area contributed by atoms with Gasteiger partial charge in [0.1, 0.15) is 18.2 Å². The van der Waals surface area contributed by atoms with Crippen molar-refractivity contribution in [1.82, 2.24) is 0 Å². The summed E-state index contributed by atoms with van der Waals surface area (Å²) in [6.07, 6.45) is 0. The van der Waals surface area contributed by atoms with Crippen molar-refractivity contribution in [3.63, 3.8) is 0 Å². The van der Waals surface area contributed by atoms with Gasteiger partial charge < -0.3 is 4.74 Å². The van der Waals surface area contributed by atoms with Crippen molar-refractivity contribution in [3.8, 4) is 5.75 Å². The third kappa shape index (κ3) is 3.92. The largest absolute Gasteiger partial charge is 0.489 e. The highest BCUT2D eigenvalue weighted by atomic mass is 79.9. The predicted molar refractivity (Wildman–Crippen MR) is 81.1 cm³/mol. The van der Waals surface area contributed by atoms with Gasteiger partial charge in [-0.15, -0.1) is 11.6 Å². The summed E-state index contributed by atoms with van der Waals surface area (Å²) >= 11 is 9.03. The highest BCUT2D eigenvalue weighted by Crippen LogP contribution is 2.27. The van der Waals surface area contributed by atoms with Crippen LogP contribution in [0.5, 0.6) is 5.75 Å². The molecular formula is C14H10BrClFNO3. The van der Waals surface area contributed by atoms with Gasteiger partial charge in [0.2, 0.25) is 0 Å². The Labute approximate surface area is 133 Å². The third-order valence-corrected chi connectivity index (χ3v) is 3.82. The first-order chi connectivity index (χ1) is 10.0. The molecule has 0 aliphatic carbocycles. The van der Waals surface area contributed by atoms with Gasteiger partial charge in [0.25, 0.3) is 5.69 Å². The van der Waals surface area contributed by atoms with Crippen LogP contribution in [0.15, 0.2) is 40.9 Å². The number of hydrogen-bond acceptors (Lipinski definition) is 3. The summed E-state index contributed by atoms with van der Waals surface area (Å²) in [5, 5.41) is 10.7. The minimum Gasteiger partial charge on any atom is -0.489 e. The molecule has 0 saturated heterocycles. The van der Waals surface area contributed by atoms with E-state index in [9.17, 15) is 14.5 Å². The van der Waals surface area contributed by atoms with Gasteiger partial charge in [0.15, 0.2) is 0 Å². The van der Waals surface area contributed by atoms with Gasteiger partial charge in [-0.1, -0.05) is 22.0 Å². The first kappa shape index (κ1) is 15.7. The summed E-state index contributed by atoms with van der Waals surface area (Å²) in [6, 6.07) is 8.52. The molecule has 0 N–H and O–H groups in total. The van der Waals surface area contributed by atoms with Crippen molar-refractivity contribution >= 4 is 33.2 Å². The van der Waals surface area contributed by atoms with E-state index in [1.807, 2.05) is 0 Å². The Morgan fingerprint density at radius 2 is 2.00 bits per heavy atom. The van der Waals surface area contributed by atoms with Crippen LogP contribution in [-0.4, -0.2) is 4.92 Å². The molecule has 2 rings (SSSR count). The average molecular weight is 375 g/mol. The first-order valence-electron chi connectivity index (χ1n) is 5.91. The number of hydrogen-bond donors (Lipinski definition) is 0. The van der Waals surface area contributed by atoms with E-state index in [-0.39, 0.29) is 24.0 Å². The molecular weight excluding hydrogens is 365 g/mol. The highest BCUT2D eigenvalue weighted by molar-refractivity contribution is 9.10. The zero-order valence-corrected chi connectivity index (χ0v) is 13.0. The molecule has 0 aromatic heterocycles. The highest BCUT2D eigenvalue weighted by Gasteiger charge is 2.12. The monoisotopic (exact) mass is 373 g/mol. The van der Waals surface area contributed by atoms with Crippen LogP contribution in [0.1, 0.15) is 11.1 Å². The van der Waals surface area contributed by atoms with E-state index in [0.29, 0.717) is 15.8 Å². The second kappa shape index (κ2) is 6.87. The topological polar surface area (TPSA) is 52.4 Å². The molecule has 4 nitrogen and oxygen atoms in total. The van der Waals surface area contributed by atoms with E-state index in [2.05, 4.69) is 15.9 Å². The summed E-state index contributed by atoms with van der Waals surface area (Å²) < 4.78 is 19.2. The van der Waals surface area contributed by atoms with Gasteiger partial charge in [-0.2, -0.15) is 0 Å². The van der Waals surface area contributed by atoms with E-state index in [1.54, 1.807) is 6.07 Å². The normalized spacial score (nSPS) is 10.4. The summed E-state index contributed by atoms with van der Waals surface area (Å²) in [4.78, 5) is 10.2. The number of halogens is 3.